The SMILES string of the molecule is COc1c(Br)ccc(CCC(=O)O)c1O. The second-order valence-corrected chi connectivity index (χ2v) is 3.84. The van der Waals surface area contributed by atoms with Gasteiger partial charge in [0.15, 0.2) is 11.5 Å². The van der Waals surface area contributed by atoms with Gasteiger partial charge in [-0.15, -0.1) is 0 Å². The summed E-state index contributed by atoms with van der Waals surface area (Å²) in [5.41, 5.74) is 0.567. The molecule has 5 heteroatoms. The topological polar surface area (TPSA) is 66.8 Å². The highest BCUT2D eigenvalue weighted by molar-refractivity contribution is 9.10. The summed E-state index contributed by atoms with van der Waals surface area (Å²) in [6, 6.07) is 3.39. The zero-order valence-corrected chi connectivity index (χ0v) is 9.74. The van der Waals surface area contributed by atoms with Gasteiger partial charge in [-0.2, -0.15) is 0 Å². The number of benzene rings is 1. The van der Waals surface area contributed by atoms with Crippen molar-refractivity contribution in [3.8, 4) is 11.5 Å². The maximum absolute atomic E-state index is 10.4. The molecule has 0 bridgehead atoms. The van der Waals surface area contributed by atoms with Gasteiger partial charge < -0.3 is 14.9 Å². The molecule has 82 valence electrons. The summed E-state index contributed by atoms with van der Waals surface area (Å²) in [5.74, 6) is -0.567. The van der Waals surface area contributed by atoms with E-state index in [9.17, 15) is 9.90 Å². The van der Waals surface area contributed by atoms with E-state index in [1.165, 1.54) is 7.11 Å². The fourth-order valence-corrected chi connectivity index (χ4v) is 1.71. The van der Waals surface area contributed by atoms with E-state index in [-0.39, 0.29) is 18.6 Å². The molecule has 0 aliphatic carbocycles. The zero-order chi connectivity index (χ0) is 11.4. The number of phenols is 1. The highest BCUT2D eigenvalue weighted by atomic mass is 79.9. The van der Waals surface area contributed by atoms with E-state index in [2.05, 4.69) is 15.9 Å². The molecular formula is C10H11BrO4. The summed E-state index contributed by atoms with van der Waals surface area (Å²) in [6.45, 7) is 0. The Balaban J connectivity index is 2.94. The number of phenolic OH excluding ortho intramolecular Hbond substituents is 1. The highest BCUT2D eigenvalue weighted by Crippen LogP contribution is 2.37. The Morgan fingerprint density at radius 3 is 2.73 bits per heavy atom. The largest absolute Gasteiger partial charge is 0.504 e. The van der Waals surface area contributed by atoms with E-state index in [4.69, 9.17) is 9.84 Å². The average Bonchev–Trinajstić information content (AvgIpc) is 2.17. The first kappa shape index (κ1) is 11.8. The molecule has 1 aromatic carbocycles. The summed E-state index contributed by atoms with van der Waals surface area (Å²) in [4.78, 5) is 10.4. The number of aryl methyl sites for hydroxylation is 1. The second kappa shape index (κ2) is 5.02. The van der Waals surface area contributed by atoms with Crippen molar-refractivity contribution in [1.82, 2.24) is 0 Å². The van der Waals surface area contributed by atoms with Crippen LogP contribution in [0.2, 0.25) is 0 Å². The molecule has 0 aliphatic heterocycles. The number of aliphatic carboxylic acids is 1. The first-order chi connectivity index (χ1) is 7.06. The van der Waals surface area contributed by atoms with Gasteiger partial charge in [0.05, 0.1) is 11.6 Å². The molecule has 2 N–H and O–H groups in total. The Morgan fingerprint density at radius 1 is 1.53 bits per heavy atom. The molecule has 0 unspecified atom stereocenters. The monoisotopic (exact) mass is 274 g/mol. The van der Waals surface area contributed by atoms with E-state index < -0.39 is 5.97 Å². The van der Waals surface area contributed by atoms with Gasteiger partial charge in [-0.25, -0.2) is 0 Å². The smallest absolute Gasteiger partial charge is 0.303 e. The summed E-state index contributed by atoms with van der Waals surface area (Å²) < 4.78 is 5.62. The van der Waals surface area contributed by atoms with E-state index in [0.29, 0.717) is 15.8 Å². The summed E-state index contributed by atoms with van der Waals surface area (Å²) in [7, 11) is 1.45. The summed E-state index contributed by atoms with van der Waals surface area (Å²) >= 11 is 3.22. The molecule has 0 heterocycles. The highest BCUT2D eigenvalue weighted by Gasteiger charge is 2.12. The lowest BCUT2D eigenvalue weighted by Crippen LogP contribution is -1.98. The minimum absolute atomic E-state index is 0.00637. The Labute approximate surface area is 95.6 Å². The van der Waals surface area contributed by atoms with Gasteiger partial charge in [-0.05, 0) is 34.0 Å². The number of ether oxygens (including phenoxy) is 1. The van der Waals surface area contributed by atoms with Crippen LogP contribution in [0.3, 0.4) is 0 Å². The number of carbonyl (C=O) groups is 1. The lowest BCUT2D eigenvalue weighted by Gasteiger charge is -2.09. The molecule has 0 spiro atoms. The number of carboxylic acids is 1. The normalized spacial score (nSPS) is 10.0. The average molecular weight is 275 g/mol. The van der Waals surface area contributed by atoms with Gasteiger partial charge in [0.2, 0.25) is 0 Å². The zero-order valence-electron chi connectivity index (χ0n) is 8.16. The number of carboxylic acid groups (broad SMARTS) is 1. The molecule has 0 amide bonds. The van der Waals surface area contributed by atoms with Crippen molar-refractivity contribution in [2.75, 3.05) is 7.11 Å². The molecule has 0 fully saturated rings. The van der Waals surface area contributed by atoms with Crippen LogP contribution < -0.4 is 4.74 Å². The van der Waals surface area contributed by atoms with Gasteiger partial charge in [0.1, 0.15) is 0 Å². The van der Waals surface area contributed by atoms with Crippen LogP contribution in [-0.2, 0) is 11.2 Å². The fourth-order valence-electron chi connectivity index (χ4n) is 1.22. The molecule has 1 rings (SSSR count). The van der Waals surface area contributed by atoms with Crippen LogP contribution in [0.4, 0.5) is 0 Å². The maximum Gasteiger partial charge on any atom is 0.303 e. The van der Waals surface area contributed by atoms with E-state index in [0.717, 1.165) is 0 Å². The van der Waals surface area contributed by atoms with Crippen LogP contribution in [0.15, 0.2) is 16.6 Å². The van der Waals surface area contributed by atoms with Gasteiger partial charge in [0, 0.05) is 6.42 Å². The van der Waals surface area contributed by atoms with E-state index in [1.54, 1.807) is 12.1 Å². The van der Waals surface area contributed by atoms with Crippen molar-refractivity contribution in [3.63, 3.8) is 0 Å². The lowest BCUT2D eigenvalue weighted by atomic mass is 10.1. The quantitative estimate of drug-likeness (QED) is 0.883. The summed E-state index contributed by atoms with van der Waals surface area (Å²) in [5, 5.41) is 18.3. The van der Waals surface area contributed by atoms with Crippen molar-refractivity contribution in [2.45, 2.75) is 12.8 Å². The lowest BCUT2D eigenvalue weighted by molar-refractivity contribution is -0.136. The van der Waals surface area contributed by atoms with Crippen molar-refractivity contribution in [3.05, 3.63) is 22.2 Å². The fraction of sp³-hybridized carbons (Fsp3) is 0.300. The molecule has 1 aromatic rings. The Hall–Kier alpha value is -1.23. The van der Waals surface area contributed by atoms with Crippen molar-refractivity contribution >= 4 is 21.9 Å². The van der Waals surface area contributed by atoms with E-state index >= 15 is 0 Å². The second-order valence-electron chi connectivity index (χ2n) is 2.98. The minimum Gasteiger partial charge on any atom is -0.504 e. The number of halogens is 1. The van der Waals surface area contributed by atoms with Crippen LogP contribution in [0, 0.1) is 0 Å². The van der Waals surface area contributed by atoms with Crippen molar-refractivity contribution in [2.24, 2.45) is 0 Å². The summed E-state index contributed by atoms with van der Waals surface area (Å²) in [6.07, 6.45) is 0.267. The third kappa shape index (κ3) is 2.86. The standard InChI is InChI=1S/C10H11BrO4/c1-15-10-7(11)4-2-6(9(10)14)3-5-8(12)13/h2,4,14H,3,5H2,1H3,(H,12,13). The Bertz CT molecular complexity index is 376. The predicted octanol–water partition coefficient (Wildman–Crippen LogP) is 2.18. The molecule has 0 atom stereocenters. The van der Waals surface area contributed by atoms with Crippen molar-refractivity contribution in [1.29, 1.82) is 0 Å². The van der Waals surface area contributed by atoms with Crippen LogP contribution in [-0.4, -0.2) is 23.3 Å². The minimum atomic E-state index is -0.892. The van der Waals surface area contributed by atoms with Crippen molar-refractivity contribution < 1.29 is 19.7 Å². The first-order valence-electron chi connectivity index (χ1n) is 4.32. The van der Waals surface area contributed by atoms with Gasteiger partial charge >= 0.3 is 5.97 Å². The number of hydrogen-bond donors (Lipinski definition) is 2. The van der Waals surface area contributed by atoms with E-state index in [1.807, 2.05) is 0 Å². The number of methoxy groups -OCH3 is 1. The molecule has 0 radical (unpaired) electrons. The van der Waals surface area contributed by atoms with Gasteiger partial charge in [-0.1, -0.05) is 6.07 Å². The molecule has 0 saturated heterocycles. The van der Waals surface area contributed by atoms with Crippen LogP contribution >= 0.6 is 15.9 Å². The molecule has 0 saturated carbocycles. The number of hydrogen-bond acceptors (Lipinski definition) is 3. The maximum atomic E-state index is 10.4. The Kier molecular flexibility index (Phi) is 3.96. The molecular weight excluding hydrogens is 264 g/mol. The third-order valence-electron chi connectivity index (χ3n) is 1.98. The molecule has 4 nitrogen and oxygen atoms in total. The predicted molar refractivity (Wildman–Crippen MR) is 58.3 cm³/mol. The Morgan fingerprint density at radius 2 is 2.20 bits per heavy atom. The van der Waals surface area contributed by atoms with Gasteiger partial charge in [-0.3, -0.25) is 4.79 Å². The van der Waals surface area contributed by atoms with Gasteiger partial charge in [0.25, 0.3) is 0 Å². The van der Waals surface area contributed by atoms with Crippen LogP contribution in [0.5, 0.6) is 11.5 Å². The first-order valence-corrected chi connectivity index (χ1v) is 5.11. The molecule has 0 aromatic heterocycles. The molecule has 15 heavy (non-hydrogen) atoms. The number of rotatable bonds is 4. The third-order valence-corrected chi connectivity index (χ3v) is 2.60. The number of aromatic hydroxyl groups is 1. The molecule has 0 aliphatic rings. The van der Waals surface area contributed by atoms with Crippen LogP contribution in [0.1, 0.15) is 12.0 Å². The van der Waals surface area contributed by atoms with Crippen LogP contribution in [0.25, 0.3) is 0 Å².